The summed E-state index contributed by atoms with van der Waals surface area (Å²) in [6.07, 6.45) is -0.774. The zero-order valence-corrected chi connectivity index (χ0v) is 24.5. The molecule has 3 aromatic heterocycles. The van der Waals surface area contributed by atoms with Gasteiger partial charge < -0.3 is 20.1 Å². The average molecular weight is 633 g/mol. The fraction of sp³-hybridized carbons (Fsp3) is 0.276. The maximum Gasteiger partial charge on any atom is 0.289 e. The van der Waals surface area contributed by atoms with Crippen LogP contribution in [0.25, 0.3) is 22.3 Å². The van der Waals surface area contributed by atoms with E-state index in [0.29, 0.717) is 32.1 Å². The Labute approximate surface area is 254 Å². The minimum absolute atomic E-state index is 0.116. The Morgan fingerprint density at radius 3 is 2.43 bits per heavy atom. The third-order valence-electron chi connectivity index (χ3n) is 6.63. The van der Waals surface area contributed by atoms with Crippen molar-refractivity contribution in [3.63, 3.8) is 0 Å². The van der Waals surface area contributed by atoms with Crippen LogP contribution in [0.4, 0.5) is 18.9 Å². The molecule has 44 heavy (non-hydrogen) atoms. The minimum Gasteiger partial charge on any atom is -0.495 e. The molecule has 0 aliphatic carbocycles. The van der Waals surface area contributed by atoms with Crippen molar-refractivity contribution in [3.05, 3.63) is 82.3 Å². The predicted molar refractivity (Wildman–Crippen MR) is 157 cm³/mol. The first kappa shape index (κ1) is 32.2. The van der Waals surface area contributed by atoms with E-state index in [9.17, 15) is 27.6 Å². The Bertz CT molecular complexity index is 1700. The Morgan fingerprint density at radius 2 is 1.80 bits per heavy atom. The van der Waals surface area contributed by atoms with Gasteiger partial charge in [0.15, 0.2) is 0 Å². The van der Waals surface area contributed by atoms with Gasteiger partial charge in [-0.1, -0.05) is 17.7 Å². The number of carbonyl (C=O) groups is 2. The number of aromatic nitrogens is 4. The topological polar surface area (TPSA) is 129 Å². The third kappa shape index (κ3) is 7.09. The van der Waals surface area contributed by atoms with Crippen molar-refractivity contribution in [1.29, 1.82) is 0 Å². The molecule has 2 amide bonds. The van der Waals surface area contributed by atoms with E-state index in [0.717, 1.165) is 6.20 Å². The molecular formula is C29H28ClF3N6O5. The van der Waals surface area contributed by atoms with Crippen LogP contribution < -0.4 is 20.9 Å². The molecule has 0 fully saturated rings. The molecule has 11 nitrogen and oxygen atoms in total. The summed E-state index contributed by atoms with van der Waals surface area (Å²) in [5, 5.41) is 9.18. The van der Waals surface area contributed by atoms with Crippen LogP contribution in [0.1, 0.15) is 29.2 Å². The highest BCUT2D eigenvalue weighted by Gasteiger charge is 2.26. The number of nitrogens with zero attached hydrogens (tertiary/aromatic N) is 4. The highest BCUT2D eigenvalue weighted by atomic mass is 35.5. The average Bonchev–Trinajstić information content (AvgIpc) is 3.51. The van der Waals surface area contributed by atoms with Crippen LogP contribution in [0.15, 0.2) is 66.0 Å². The Kier molecular flexibility index (Phi) is 10.4. The van der Waals surface area contributed by atoms with E-state index in [1.807, 2.05) is 0 Å². The van der Waals surface area contributed by atoms with Crippen LogP contribution in [-0.4, -0.2) is 65.4 Å². The number of alkyl halides is 3. The van der Waals surface area contributed by atoms with Gasteiger partial charge in [-0.2, -0.15) is 5.10 Å². The smallest absolute Gasteiger partial charge is 0.289 e. The maximum atomic E-state index is 13.9. The molecule has 232 valence electrons. The maximum absolute atomic E-state index is 13.9. The summed E-state index contributed by atoms with van der Waals surface area (Å²) in [4.78, 5) is 42.8. The lowest BCUT2D eigenvalue weighted by atomic mass is 9.96. The molecule has 0 spiro atoms. The summed E-state index contributed by atoms with van der Waals surface area (Å²) in [5.41, 5.74) is 1.25. The lowest BCUT2D eigenvalue weighted by molar-refractivity contribution is -0.119. The number of benzene rings is 1. The molecule has 0 saturated carbocycles. The van der Waals surface area contributed by atoms with E-state index in [4.69, 9.17) is 21.1 Å². The molecule has 2 unspecified atom stereocenters. The first-order valence-electron chi connectivity index (χ1n) is 13.1. The lowest BCUT2D eigenvalue weighted by Crippen LogP contribution is -2.34. The fourth-order valence-electron chi connectivity index (χ4n) is 4.45. The van der Waals surface area contributed by atoms with Crippen LogP contribution in [0.3, 0.4) is 0 Å². The number of ether oxygens (including phenoxy) is 2. The number of amides is 2. The van der Waals surface area contributed by atoms with Gasteiger partial charge in [0.2, 0.25) is 5.91 Å². The van der Waals surface area contributed by atoms with E-state index >= 15 is 0 Å². The Morgan fingerprint density at radius 1 is 1.02 bits per heavy atom. The number of anilines is 1. The zero-order chi connectivity index (χ0) is 32.0. The number of methoxy groups -OCH3 is 2. The first-order valence-corrected chi connectivity index (χ1v) is 13.5. The van der Waals surface area contributed by atoms with Gasteiger partial charge in [-0.25, -0.2) is 22.8 Å². The molecule has 0 radical (unpaired) electrons. The number of pyridine rings is 2. The lowest BCUT2D eigenvalue weighted by Gasteiger charge is -2.21. The highest BCUT2D eigenvalue weighted by Crippen LogP contribution is 2.39. The normalized spacial score (nSPS) is 12.5. The molecule has 2 atom stereocenters. The van der Waals surface area contributed by atoms with E-state index in [1.165, 1.54) is 62.6 Å². The van der Waals surface area contributed by atoms with Crippen LogP contribution in [0.5, 0.6) is 5.75 Å². The van der Waals surface area contributed by atoms with Gasteiger partial charge in [0, 0.05) is 55.6 Å². The van der Waals surface area contributed by atoms with Gasteiger partial charge in [-0.15, -0.1) is 0 Å². The SMILES string of the molecule is CNC(=O)c1ccc(NC(=O)C(CCOC)n2cc(OC)c(-c3cc(Cl)ccc3-c3cnn(C(F)C(F)F)c3)cc2=O)cn1. The first-order chi connectivity index (χ1) is 21.1. The quantitative estimate of drug-likeness (QED) is 0.231. The Hall–Kier alpha value is -4.69. The third-order valence-corrected chi connectivity index (χ3v) is 6.87. The summed E-state index contributed by atoms with van der Waals surface area (Å²) in [5.74, 6) is -0.761. The van der Waals surface area contributed by atoms with Crippen molar-refractivity contribution >= 4 is 29.1 Å². The molecule has 0 aliphatic heterocycles. The number of nitrogens with one attached hydrogen (secondary N) is 2. The number of hydrogen-bond donors (Lipinski definition) is 2. The van der Waals surface area contributed by atoms with Crippen molar-refractivity contribution in [1.82, 2.24) is 24.6 Å². The molecule has 1 aromatic carbocycles. The van der Waals surface area contributed by atoms with Gasteiger partial charge >= 0.3 is 0 Å². The number of rotatable bonds is 12. The van der Waals surface area contributed by atoms with E-state index < -0.39 is 36.1 Å². The molecule has 2 N–H and O–H groups in total. The minimum atomic E-state index is -3.28. The molecule has 3 heterocycles. The van der Waals surface area contributed by atoms with E-state index in [1.54, 1.807) is 18.2 Å². The van der Waals surface area contributed by atoms with Crippen molar-refractivity contribution in [2.24, 2.45) is 0 Å². The van der Waals surface area contributed by atoms with Gasteiger partial charge in [-0.3, -0.25) is 19.0 Å². The van der Waals surface area contributed by atoms with Crippen LogP contribution in [0.2, 0.25) is 5.02 Å². The highest BCUT2D eigenvalue weighted by molar-refractivity contribution is 6.31. The van der Waals surface area contributed by atoms with Crippen molar-refractivity contribution in [3.8, 4) is 28.0 Å². The van der Waals surface area contributed by atoms with Crippen molar-refractivity contribution in [2.75, 3.05) is 33.2 Å². The van der Waals surface area contributed by atoms with Gasteiger partial charge in [-0.05, 0) is 35.4 Å². The fourth-order valence-corrected chi connectivity index (χ4v) is 4.62. The molecule has 15 heteroatoms. The van der Waals surface area contributed by atoms with Gasteiger partial charge in [0.1, 0.15) is 17.5 Å². The number of carbonyl (C=O) groups excluding carboxylic acids is 2. The summed E-state index contributed by atoms with van der Waals surface area (Å²) in [6.45, 7) is 0.138. The second-order valence-electron chi connectivity index (χ2n) is 9.40. The van der Waals surface area contributed by atoms with Crippen molar-refractivity contribution < 1.29 is 32.2 Å². The van der Waals surface area contributed by atoms with Crippen LogP contribution in [-0.2, 0) is 9.53 Å². The second-order valence-corrected chi connectivity index (χ2v) is 9.84. The number of hydrogen-bond acceptors (Lipinski definition) is 7. The van der Waals surface area contributed by atoms with Gasteiger partial charge in [0.25, 0.3) is 24.2 Å². The summed E-state index contributed by atoms with van der Waals surface area (Å²) in [7, 11) is 4.30. The molecule has 0 saturated heterocycles. The zero-order valence-electron chi connectivity index (χ0n) is 23.8. The largest absolute Gasteiger partial charge is 0.495 e. The number of halogens is 4. The summed E-state index contributed by atoms with van der Waals surface area (Å²) in [6, 6.07) is 7.82. The molecule has 0 bridgehead atoms. The van der Waals surface area contributed by atoms with E-state index in [2.05, 4.69) is 20.7 Å². The standard InChI is InChI=1S/C29H28ClF3N6O5/c1-34-28(41)22-7-5-18(13-35-22)37-29(42)23(8-9-43-2)38-15-24(44-3)21(11-25(38)40)20-10-17(30)4-6-19(20)16-12-36-39(14-16)27(33)26(31)32/h4-7,10-15,23,26-27H,8-9H2,1-3H3,(H,34,41)(H,37,42). The molecule has 4 rings (SSSR count). The summed E-state index contributed by atoms with van der Waals surface area (Å²) < 4.78 is 52.3. The molecule has 4 aromatic rings. The van der Waals surface area contributed by atoms with E-state index in [-0.39, 0.29) is 30.0 Å². The second kappa shape index (κ2) is 14.2. The molecule has 0 aliphatic rings. The summed E-state index contributed by atoms with van der Waals surface area (Å²) >= 11 is 6.28. The monoisotopic (exact) mass is 632 g/mol. The predicted octanol–water partition coefficient (Wildman–Crippen LogP) is 4.74. The van der Waals surface area contributed by atoms with Gasteiger partial charge in [0.05, 0.1) is 31.4 Å². The molecular weight excluding hydrogens is 605 g/mol. The van der Waals surface area contributed by atoms with Crippen LogP contribution in [0, 0.1) is 0 Å². The van der Waals surface area contributed by atoms with Crippen LogP contribution >= 0.6 is 11.6 Å². The Balaban J connectivity index is 1.73. The van der Waals surface area contributed by atoms with Crippen molar-refractivity contribution in [2.45, 2.75) is 25.2 Å².